The smallest absolute Gasteiger partial charge is 0.148 e. The second kappa shape index (κ2) is 20.5. The molecule has 0 aliphatic carbocycles. The quantitative estimate of drug-likeness (QED) is 0.146. The summed E-state index contributed by atoms with van der Waals surface area (Å²) in [7, 11) is 0. The van der Waals surface area contributed by atoms with Gasteiger partial charge >= 0.3 is 0 Å². The molecule has 12 aromatic rings. The summed E-state index contributed by atoms with van der Waals surface area (Å²) in [6.07, 6.45) is 1.93. The van der Waals surface area contributed by atoms with Crippen molar-refractivity contribution in [2.24, 2.45) is 0 Å². The van der Waals surface area contributed by atoms with Crippen molar-refractivity contribution in [3.8, 4) is 62.0 Å². The van der Waals surface area contributed by atoms with Crippen LogP contribution in [0.1, 0.15) is 79.0 Å². The second-order valence-corrected chi connectivity index (χ2v) is 23.7. The van der Waals surface area contributed by atoms with Gasteiger partial charge in [0.2, 0.25) is 0 Å². The number of benzene rings is 9. The summed E-state index contributed by atoms with van der Waals surface area (Å²) in [4.78, 5) is 12.9. The number of hydrogen-bond acceptors (Lipinski definition) is 4. The number of rotatable bonds is 9. The molecule has 0 aliphatic rings. The molecule has 0 saturated carbocycles. The largest absolute Gasteiger partial charge is 0.507 e. The normalized spacial score (nSPS) is 12.1. The van der Waals surface area contributed by atoms with Crippen LogP contribution in [0, 0.1) is 6.07 Å². The molecule has 0 aliphatic heterocycles. The van der Waals surface area contributed by atoms with Crippen LogP contribution in [0.5, 0.6) is 5.75 Å². The molecule has 3 heterocycles. The van der Waals surface area contributed by atoms with Crippen LogP contribution in [-0.4, -0.2) is 24.2 Å². The molecule has 394 valence electrons. The van der Waals surface area contributed by atoms with E-state index in [1.54, 1.807) is 6.07 Å². The fourth-order valence-electron chi connectivity index (χ4n) is 10.9. The monoisotopic (exact) mass is 1210 g/mol. The van der Waals surface area contributed by atoms with Crippen LogP contribution in [0.3, 0.4) is 0 Å². The zero-order chi connectivity index (χ0) is 54.1. The van der Waals surface area contributed by atoms with E-state index >= 15 is 0 Å². The molecule has 7 heteroatoms. The van der Waals surface area contributed by atoms with Gasteiger partial charge < -0.3 is 14.6 Å². The van der Waals surface area contributed by atoms with Crippen LogP contribution in [0.15, 0.2) is 219 Å². The molecule has 0 spiro atoms. The Bertz CT molecular complexity index is 4140. The Kier molecular flexibility index (Phi) is 13.7. The Morgan fingerprint density at radius 2 is 0.975 bits per heavy atom. The fraction of sp³-hybridized carbons (Fsp3) is 0.167. The Labute approximate surface area is 479 Å². The molecule has 0 fully saturated rings. The molecule has 9 aromatic carbocycles. The van der Waals surface area contributed by atoms with Gasteiger partial charge in [-0.3, -0.25) is 9.55 Å². The van der Waals surface area contributed by atoms with Gasteiger partial charge in [0.1, 0.15) is 11.6 Å². The van der Waals surface area contributed by atoms with Gasteiger partial charge in [0.25, 0.3) is 0 Å². The van der Waals surface area contributed by atoms with Crippen LogP contribution in [-0.2, 0) is 37.3 Å². The summed E-state index contributed by atoms with van der Waals surface area (Å²) in [6.45, 7) is 20.4. The Morgan fingerprint density at radius 3 is 1.63 bits per heavy atom. The first-order valence-corrected chi connectivity index (χ1v) is 27.0. The minimum Gasteiger partial charge on any atom is -0.507 e. The molecule has 6 nitrogen and oxygen atoms in total. The molecular weight excluding hydrogens is 1150 g/mol. The SMILES string of the molecule is CC(C)(C)c1cc(-c2cc(-c3cccc4c5ccccc5n(-c5ccc(N(c6ccccc6)c6ccccc6)cc5)c34)ccn2)[c-]c(-c2cccc3c2nc(-c2ccccc2O)n3-c2cc(C(C)(C)C)cc(C(C)(C)C)c2)c1.[Pt]. The minimum atomic E-state index is -0.206. The molecule has 3 aromatic heterocycles. The van der Waals surface area contributed by atoms with Crippen LogP contribution in [0.2, 0.25) is 0 Å². The summed E-state index contributed by atoms with van der Waals surface area (Å²) in [5.41, 5.74) is 19.0. The first-order chi connectivity index (χ1) is 37.5. The second-order valence-electron chi connectivity index (χ2n) is 23.7. The summed E-state index contributed by atoms with van der Waals surface area (Å²) < 4.78 is 4.65. The Balaban J connectivity index is 0.00000660. The summed E-state index contributed by atoms with van der Waals surface area (Å²) in [5.74, 6) is 0.850. The molecule has 0 bridgehead atoms. The van der Waals surface area contributed by atoms with Crippen LogP contribution < -0.4 is 4.90 Å². The molecule has 0 saturated heterocycles. The molecule has 0 radical (unpaired) electrons. The number of aromatic nitrogens is 4. The standard InChI is InChI=1S/C72H64N5O.Pt/c1-70(2,3)50-41-48(58-28-21-32-65-67(58)74-69(62-27-17-19-33-66(62)78)77(65)57-45-51(71(4,5)6)44-52(46-57)72(7,8)9)40-49(42-50)63-43-47(38-39-73-63)59-29-20-30-61-60-26-16-18-31-64(60)76(68(59)61)56-36-34-55(35-37-56)75(53-22-12-10-13-23-53)54-24-14-11-15-25-54;/h10-39,41-46,78H,1-9H3;/q-1;. The minimum absolute atomic E-state index is 0. The summed E-state index contributed by atoms with van der Waals surface area (Å²) >= 11 is 0. The fourth-order valence-corrected chi connectivity index (χ4v) is 10.9. The van der Waals surface area contributed by atoms with Crippen LogP contribution >= 0.6 is 0 Å². The van der Waals surface area contributed by atoms with Crippen molar-refractivity contribution in [3.05, 3.63) is 241 Å². The van der Waals surface area contributed by atoms with E-state index in [0.717, 1.165) is 89.6 Å². The van der Waals surface area contributed by atoms with Gasteiger partial charge in [0, 0.05) is 77.7 Å². The van der Waals surface area contributed by atoms with Crippen molar-refractivity contribution in [2.75, 3.05) is 4.90 Å². The third kappa shape index (κ3) is 9.89. The number of para-hydroxylation sites is 6. The van der Waals surface area contributed by atoms with Gasteiger partial charge in [0.05, 0.1) is 27.6 Å². The van der Waals surface area contributed by atoms with E-state index in [9.17, 15) is 5.11 Å². The average Bonchev–Trinajstić information content (AvgIpc) is 4.25. The zero-order valence-electron chi connectivity index (χ0n) is 46.3. The van der Waals surface area contributed by atoms with Gasteiger partial charge in [-0.15, -0.1) is 29.3 Å². The van der Waals surface area contributed by atoms with E-state index in [1.165, 1.54) is 21.9 Å². The van der Waals surface area contributed by atoms with Gasteiger partial charge in [0.15, 0.2) is 0 Å². The van der Waals surface area contributed by atoms with Gasteiger partial charge in [-0.1, -0.05) is 183 Å². The van der Waals surface area contributed by atoms with Crippen molar-refractivity contribution in [1.29, 1.82) is 0 Å². The number of phenols is 1. The maximum absolute atomic E-state index is 11.5. The third-order valence-electron chi connectivity index (χ3n) is 15.2. The van der Waals surface area contributed by atoms with Crippen LogP contribution in [0.4, 0.5) is 17.1 Å². The van der Waals surface area contributed by atoms with Crippen LogP contribution in [0.25, 0.3) is 89.1 Å². The van der Waals surface area contributed by atoms with E-state index in [-0.39, 0.29) is 43.1 Å². The van der Waals surface area contributed by atoms with Crippen molar-refractivity contribution < 1.29 is 26.2 Å². The van der Waals surface area contributed by atoms with E-state index in [4.69, 9.17) is 9.97 Å². The molecule has 0 atom stereocenters. The molecule has 0 amide bonds. The average molecular weight is 1210 g/mol. The van der Waals surface area contributed by atoms with Gasteiger partial charge in [-0.2, -0.15) is 0 Å². The zero-order valence-corrected chi connectivity index (χ0v) is 48.6. The molecule has 12 rings (SSSR count). The number of hydrogen-bond donors (Lipinski definition) is 1. The Morgan fingerprint density at radius 1 is 0.443 bits per heavy atom. The number of fused-ring (bicyclic) bond motifs is 4. The maximum atomic E-state index is 11.5. The van der Waals surface area contributed by atoms with Crippen molar-refractivity contribution >= 4 is 49.9 Å². The third-order valence-corrected chi connectivity index (χ3v) is 15.2. The topological polar surface area (TPSA) is 59.1 Å². The Hall–Kier alpha value is -8.31. The van der Waals surface area contributed by atoms with Crippen molar-refractivity contribution in [2.45, 2.75) is 78.6 Å². The van der Waals surface area contributed by atoms with Crippen molar-refractivity contribution in [3.63, 3.8) is 0 Å². The molecule has 0 unspecified atom stereocenters. The number of imidazole rings is 1. The number of nitrogens with zero attached hydrogens (tertiary/aromatic N) is 5. The number of phenolic OH excluding ortho intramolecular Hbond substituents is 1. The molecule has 79 heavy (non-hydrogen) atoms. The molecular formula is C72H64N5OPt-. The summed E-state index contributed by atoms with van der Waals surface area (Å²) in [5, 5.41) is 13.9. The first kappa shape index (κ1) is 52.7. The molecule has 1 N–H and O–H groups in total. The van der Waals surface area contributed by atoms with Crippen molar-refractivity contribution in [1.82, 2.24) is 19.1 Å². The summed E-state index contributed by atoms with van der Waals surface area (Å²) in [6, 6.07) is 79.0. The van der Waals surface area contributed by atoms with E-state index in [2.05, 4.69) is 270 Å². The van der Waals surface area contributed by atoms with Gasteiger partial charge in [-0.25, -0.2) is 4.98 Å². The first-order valence-electron chi connectivity index (χ1n) is 27.0. The number of aromatic hydroxyl groups is 1. The number of anilines is 3. The predicted octanol–water partition coefficient (Wildman–Crippen LogP) is 19.1. The van der Waals surface area contributed by atoms with E-state index < -0.39 is 0 Å². The van der Waals surface area contributed by atoms with E-state index in [0.29, 0.717) is 11.4 Å². The maximum Gasteiger partial charge on any atom is 0.148 e. The number of pyridine rings is 1. The van der Waals surface area contributed by atoms with Gasteiger partial charge in [-0.05, 0) is 124 Å². The van der Waals surface area contributed by atoms with E-state index in [1.807, 2.05) is 24.4 Å². The predicted molar refractivity (Wildman–Crippen MR) is 326 cm³/mol.